The lowest BCUT2D eigenvalue weighted by atomic mass is 10.0. The number of para-hydroxylation sites is 1. The zero-order valence-electron chi connectivity index (χ0n) is 12.1. The molecule has 0 heterocycles. The third kappa shape index (κ3) is 5.10. The van der Waals surface area contributed by atoms with Crippen molar-refractivity contribution in [1.82, 2.24) is 5.32 Å². The molecule has 0 spiro atoms. The number of hydrogen-bond donors (Lipinski definition) is 2. The second-order valence-electron chi connectivity index (χ2n) is 5.26. The molecule has 0 radical (unpaired) electrons. The minimum atomic E-state index is -2.90. The molecule has 0 saturated heterocycles. The molecule has 4 nitrogen and oxygen atoms in total. The summed E-state index contributed by atoms with van der Waals surface area (Å²) in [4.78, 5) is 12.1. The Labute approximate surface area is 134 Å². The van der Waals surface area contributed by atoms with Gasteiger partial charge in [-0.3, -0.25) is 4.79 Å². The van der Waals surface area contributed by atoms with Gasteiger partial charge in [0.1, 0.15) is 5.75 Å². The van der Waals surface area contributed by atoms with E-state index < -0.39 is 6.61 Å². The number of carbonyl (C=O) groups is 1. The number of rotatable bonds is 6. The molecule has 1 aromatic carbocycles. The number of nitrogens with two attached hydrogens (primary N) is 1. The number of halogens is 3. The Morgan fingerprint density at radius 2 is 2.09 bits per heavy atom. The first-order chi connectivity index (χ1) is 10.1. The molecule has 22 heavy (non-hydrogen) atoms. The fraction of sp³-hybridized carbons (Fsp3) is 0.533. The van der Waals surface area contributed by atoms with E-state index in [4.69, 9.17) is 5.73 Å². The molecule has 1 aromatic rings. The van der Waals surface area contributed by atoms with Gasteiger partial charge in [0, 0.05) is 11.6 Å². The van der Waals surface area contributed by atoms with E-state index >= 15 is 0 Å². The highest BCUT2D eigenvalue weighted by Gasteiger charge is 2.27. The van der Waals surface area contributed by atoms with Crippen molar-refractivity contribution >= 4 is 18.3 Å². The summed E-state index contributed by atoms with van der Waals surface area (Å²) in [5, 5.41) is 2.95. The molecule has 2 unspecified atom stereocenters. The first kappa shape index (κ1) is 18.6. The lowest BCUT2D eigenvalue weighted by molar-refractivity contribution is -0.121. The van der Waals surface area contributed by atoms with Crippen LogP contribution in [0.25, 0.3) is 0 Å². The highest BCUT2D eigenvalue weighted by atomic mass is 35.5. The Kier molecular flexibility index (Phi) is 7.55. The van der Waals surface area contributed by atoms with Crippen LogP contribution in [0.4, 0.5) is 8.78 Å². The molecule has 1 aliphatic rings. The predicted octanol–water partition coefficient (Wildman–Crippen LogP) is 2.50. The fourth-order valence-corrected chi connectivity index (χ4v) is 2.80. The Bertz CT molecular complexity index is 488. The van der Waals surface area contributed by atoms with Crippen LogP contribution in [-0.4, -0.2) is 25.1 Å². The molecule has 3 N–H and O–H groups in total. The van der Waals surface area contributed by atoms with Gasteiger partial charge in [0.05, 0.1) is 6.42 Å². The maximum Gasteiger partial charge on any atom is 0.387 e. The highest BCUT2D eigenvalue weighted by Crippen LogP contribution is 2.25. The maximum atomic E-state index is 12.3. The molecule has 1 saturated carbocycles. The van der Waals surface area contributed by atoms with E-state index in [1.54, 1.807) is 18.2 Å². The van der Waals surface area contributed by atoms with Gasteiger partial charge in [-0.1, -0.05) is 24.6 Å². The minimum Gasteiger partial charge on any atom is -0.435 e. The molecule has 124 valence electrons. The number of benzene rings is 1. The number of hydrogen-bond acceptors (Lipinski definition) is 3. The van der Waals surface area contributed by atoms with Gasteiger partial charge < -0.3 is 15.8 Å². The predicted molar refractivity (Wildman–Crippen MR) is 82.4 cm³/mol. The van der Waals surface area contributed by atoms with Gasteiger partial charge in [-0.25, -0.2) is 0 Å². The van der Waals surface area contributed by atoms with Crippen molar-refractivity contribution in [3.8, 4) is 5.75 Å². The van der Waals surface area contributed by atoms with E-state index in [-0.39, 0.29) is 36.5 Å². The smallest absolute Gasteiger partial charge is 0.387 e. The summed E-state index contributed by atoms with van der Waals surface area (Å²) in [5.74, 6) is 0.164. The quantitative estimate of drug-likeness (QED) is 0.840. The van der Waals surface area contributed by atoms with Crippen LogP contribution in [-0.2, 0) is 11.2 Å². The summed E-state index contributed by atoms with van der Waals surface area (Å²) in [6.07, 6.45) is 3.02. The van der Waals surface area contributed by atoms with E-state index in [1.807, 2.05) is 0 Å². The molecule has 0 aliphatic heterocycles. The largest absolute Gasteiger partial charge is 0.435 e. The normalized spacial score (nSPS) is 20.5. The van der Waals surface area contributed by atoms with Crippen molar-refractivity contribution < 1.29 is 18.3 Å². The SMILES string of the molecule is Cl.NCC1CCCC1NC(=O)Cc1ccccc1OC(F)F. The van der Waals surface area contributed by atoms with Gasteiger partial charge >= 0.3 is 6.61 Å². The molecule has 2 rings (SSSR count). The zero-order chi connectivity index (χ0) is 15.2. The van der Waals surface area contributed by atoms with Crippen molar-refractivity contribution in [3.63, 3.8) is 0 Å². The molecule has 1 aliphatic carbocycles. The van der Waals surface area contributed by atoms with Crippen molar-refractivity contribution in [3.05, 3.63) is 29.8 Å². The summed E-state index contributed by atoms with van der Waals surface area (Å²) >= 11 is 0. The van der Waals surface area contributed by atoms with Gasteiger partial charge in [0.25, 0.3) is 0 Å². The molecule has 0 aromatic heterocycles. The minimum absolute atomic E-state index is 0. The molecule has 1 amide bonds. The topological polar surface area (TPSA) is 64.3 Å². The Morgan fingerprint density at radius 3 is 2.77 bits per heavy atom. The summed E-state index contributed by atoms with van der Waals surface area (Å²) < 4.78 is 29.1. The summed E-state index contributed by atoms with van der Waals surface area (Å²) in [6.45, 7) is -2.35. The van der Waals surface area contributed by atoms with Gasteiger partial charge in [-0.05, 0) is 31.4 Å². The van der Waals surface area contributed by atoms with Crippen LogP contribution in [0.3, 0.4) is 0 Å². The number of ether oxygens (including phenoxy) is 1. The number of alkyl halides is 2. The average molecular weight is 335 g/mol. The number of nitrogens with one attached hydrogen (secondary N) is 1. The summed E-state index contributed by atoms with van der Waals surface area (Å²) in [6, 6.07) is 6.43. The Hall–Kier alpha value is -1.40. The van der Waals surface area contributed by atoms with E-state index in [9.17, 15) is 13.6 Å². The summed E-state index contributed by atoms with van der Waals surface area (Å²) in [7, 11) is 0. The monoisotopic (exact) mass is 334 g/mol. The number of carbonyl (C=O) groups excluding carboxylic acids is 1. The zero-order valence-corrected chi connectivity index (χ0v) is 13.0. The molecule has 1 fully saturated rings. The highest BCUT2D eigenvalue weighted by molar-refractivity contribution is 5.85. The third-order valence-corrected chi connectivity index (χ3v) is 3.85. The summed E-state index contributed by atoms with van der Waals surface area (Å²) in [5.41, 5.74) is 6.13. The first-order valence-corrected chi connectivity index (χ1v) is 7.12. The standard InChI is InChI=1S/C15H20F2N2O2.ClH/c16-15(17)21-13-7-2-1-4-10(13)8-14(20)19-12-6-3-5-11(12)9-18;/h1-2,4,7,11-12,15H,3,5-6,8-9,18H2,(H,19,20);1H. The van der Waals surface area contributed by atoms with Gasteiger partial charge in [0.2, 0.25) is 5.91 Å². The molecular formula is C15H21ClF2N2O2. The van der Waals surface area contributed by atoms with Crippen LogP contribution < -0.4 is 15.8 Å². The van der Waals surface area contributed by atoms with Gasteiger partial charge in [-0.2, -0.15) is 8.78 Å². The van der Waals surface area contributed by atoms with E-state index in [0.717, 1.165) is 19.3 Å². The van der Waals surface area contributed by atoms with Crippen LogP contribution in [0.15, 0.2) is 24.3 Å². The van der Waals surface area contributed by atoms with Gasteiger partial charge in [0.15, 0.2) is 0 Å². The van der Waals surface area contributed by atoms with E-state index in [2.05, 4.69) is 10.1 Å². The van der Waals surface area contributed by atoms with Crippen LogP contribution >= 0.6 is 12.4 Å². The van der Waals surface area contributed by atoms with Crippen LogP contribution in [0.2, 0.25) is 0 Å². The van der Waals surface area contributed by atoms with Crippen molar-refractivity contribution in [2.24, 2.45) is 11.7 Å². The lowest BCUT2D eigenvalue weighted by Gasteiger charge is -2.19. The fourth-order valence-electron chi connectivity index (χ4n) is 2.80. The molecular weight excluding hydrogens is 314 g/mol. The Balaban J connectivity index is 0.00000242. The molecule has 7 heteroatoms. The van der Waals surface area contributed by atoms with E-state index in [1.165, 1.54) is 6.07 Å². The van der Waals surface area contributed by atoms with Gasteiger partial charge in [-0.15, -0.1) is 12.4 Å². The first-order valence-electron chi connectivity index (χ1n) is 7.12. The average Bonchev–Trinajstić information content (AvgIpc) is 2.87. The van der Waals surface area contributed by atoms with Crippen LogP contribution in [0, 0.1) is 5.92 Å². The van der Waals surface area contributed by atoms with Crippen LogP contribution in [0.5, 0.6) is 5.75 Å². The third-order valence-electron chi connectivity index (χ3n) is 3.85. The van der Waals surface area contributed by atoms with Crippen molar-refractivity contribution in [2.75, 3.05) is 6.54 Å². The Morgan fingerprint density at radius 1 is 1.36 bits per heavy atom. The second kappa shape index (κ2) is 8.90. The van der Waals surface area contributed by atoms with E-state index in [0.29, 0.717) is 18.0 Å². The van der Waals surface area contributed by atoms with Crippen molar-refractivity contribution in [2.45, 2.75) is 38.3 Å². The number of amides is 1. The maximum absolute atomic E-state index is 12.3. The molecule has 0 bridgehead atoms. The van der Waals surface area contributed by atoms with Crippen molar-refractivity contribution in [1.29, 1.82) is 0 Å². The molecule has 2 atom stereocenters. The van der Waals surface area contributed by atoms with Crippen LogP contribution in [0.1, 0.15) is 24.8 Å². The second-order valence-corrected chi connectivity index (χ2v) is 5.26. The lowest BCUT2D eigenvalue weighted by Crippen LogP contribution is -2.40.